The number of alkyl halides is 1. The van der Waals surface area contributed by atoms with E-state index >= 15 is 0 Å². The van der Waals surface area contributed by atoms with Crippen molar-refractivity contribution in [1.29, 1.82) is 0 Å². The molecule has 124 valence electrons. The van der Waals surface area contributed by atoms with Gasteiger partial charge >= 0.3 is 0 Å². The van der Waals surface area contributed by atoms with E-state index < -0.39 is 6.17 Å². The molecule has 0 aliphatic carbocycles. The largest absolute Gasteiger partial charge is 0.316 e. The Hall–Kier alpha value is -0.560. The van der Waals surface area contributed by atoms with E-state index in [1.807, 2.05) is 11.6 Å². The van der Waals surface area contributed by atoms with Gasteiger partial charge in [0.1, 0.15) is 11.2 Å². The Morgan fingerprint density at radius 3 is 3.14 bits per heavy atom. The van der Waals surface area contributed by atoms with Crippen LogP contribution >= 0.6 is 11.3 Å². The number of rotatable bonds is 6. The van der Waals surface area contributed by atoms with E-state index in [9.17, 15) is 4.39 Å². The van der Waals surface area contributed by atoms with Crippen LogP contribution in [0.5, 0.6) is 0 Å². The molecule has 1 aromatic heterocycles. The minimum absolute atomic E-state index is 0.307. The lowest BCUT2D eigenvalue weighted by Gasteiger charge is -2.33. The number of hydrogen-bond acceptors (Lipinski definition) is 5. The number of thiazole rings is 1. The van der Waals surface area contributed by atoms with Crippen molar-refractivity contribution in [2.24, 2.45) is 5.41 Å². The predicted octanol–water partition coefficient (Wildman–Crippen LogP) is 1.99. The molecule has 2 aliphatic heterocycles. The van der Waals surface area contributed by atoms with Crippen LogP contribution in [0.3, 0.4) is 0 Å². The van der Waals surface area contributed by atoms with Crippen LogP contribution < -0.4 is 5.32 Å². The molecule has 1 N–H and O–H groups in total. The Kier molecular flexibility index (Phi) is 5.12. The number of likely N-dealkylation sites (tertiary alicyclic amines) is 1. The molecule has 4 nitrogen and oxygen atoms in total. The second-order valence-electron chi connectivity index (χ2n) is 7.28. The van der Waals surface area contributed by atoms with Crippen LogP contribution in [0.1, 0.15) is 24.8 Å². The average Bonchev–Trinajstić information content (AvgIpc) is 3.14. The summed E-state index contributed by atoms with van der Waals surface area (Å²) >= 11 is 1.66. The van der Waals surface area contributed by atoms with Crippen molar-refractivity contribution in [3.8, 4) is 0 Å². The van der Waals surface area contributed by atoms with Gasteiger partial charge in [-0.1, -0.05) is 6.92 Å². The van der Waals surface area contributed by atoms with E-state index in [1.54, 1.807) is 11.3 Å². The first-order valence-electron chi connectivity index (χ1n) is 8.20. The predicted molar refractivity (Wildman–Crippen MR) is 88.9 cm³/mol. The zero-order valence-electron chi connectivity index (χ0n) is 13.6. The van der Waals surface area contributed by atoms with Gasteiger partial charge in [0.15, 0.2) is 0 Å². The molecule has 2 aliphatic rings. The van der Waals surface area contributed by atoms with Gasteiger partial charge in [-0.15, -0.1) is 11.3 Å². The second-order valence-corrected chi connectivity index (χ2v) is 8.26. The highest BCUT2D eigenvalue weighted by molar-refractivity contribution is 7.09. The third-order valence-corrected chi connectivity index (χ3v) is 5.69. The van der Waals surface area contributed by atoms with Crippen molar-refractivity contribution in [2.45, 2.75) is 38.5 Å². The van der Waals surface area contributed by atoms with Gasteiger partial charge in [-0.05, 0) is 31.8 Å². The topological polar surface area (TPSA) is 31.4 Å². The van der Waals surface area contributed by atoms with Gasteiger partial charge in [-0.2, -0.15) is 0 Å². The van der Waals surface area contributed by atoms with Crippen LogP contribution in [0.2, 0.25) is 0 Å². The summed E-state index contributed by atoms with van der Waals surface area (Å²) in [5.74, 6) is 0. The van der Waals surface area contributed by atoms with E-state index in [0.29, 0.717) is 24.4 Å². The Labute approximate surface area is 136 Å². The quantitative estimate of drug-likeness (QED) is 0.866. The molecule has 2 fully saturated rings. The number of nitrogens with zero attached hydrogens (tertiary/aromatic N) is 3. The van der Waals surface area contributed by atoms with Crippen molar-refractivity contribution < 1.29 is 4.39 Å². The van der Waals surface area contributed by atoms with Crippen LogP contribution in [0.15, 0.2) is 11.6 Å². The molecular formula is C16H27FN4S. The molecule has 3 heterocycles. The highest BCUT2D eigenvalue weighted by atomic mass is 32.1. The number of aromatic nitrogens is 1. The fourth-order valence-corrected chi connectivity index (χ4v) is 4.53. The summed E-state index contributed by atoms with van der Waals surface area (Å²) in [5.41, 5.74) is 0.364. The first-order chi connectivity index (χ1) is 10.5. The summed E-state index contributed by atoms with van der Waals surface area (Å²) < 4.78 is 13.9. The van der Waals surface area contributed by atoms with Crippen molar-refractivity contribution in [3.63, 3.8) is 0 Å². The molecule has 0 bridgehead atoms. The first-order valence-corrected chi connectivity index (χ1v) is 9.08. The lowest BCUT2D eigenvalue weighted by atomic mass is 9.89. The molecule has 2 saturated heterocycles. The standard InChI is InChI=1S/C16H27FN4S/c1-16(3-4-18-11-16)12-20(2)9-14-7-13(17)8-21(14)10-15-19-5-6-22-15/h5-6,13-14,18H,3-4,7-12H2,1-2H3/t13-,14-,16?/m0/s1. The minimum atomic E-state index is -0.693. The number of halogens is 1. The van der Waals surface area contributed by atoms with E-state index in [1.165, 1.54) is 6.42 Å². The van der Waals surface area contributed by atoms with Crippen molar-refractivity contribution in [1.82, 2.24) is 20.1 Å². The van der Waals surface area contributed by atoms with E-state index in [2.05, 4.69) is 34.1 Å². The summed E-state index contributed by atoms with van der Waals surface area (Å²) in [6, 6.07) is 0.307. The fraction of sp³-hybridized carbons (Fsp3) is 0.812. The van der Waals surface area contributed by atoms with Crippen molar-refractivity contribution in [3.05, 3.63) is 16.6 Å². The lowest BCUT2D eigenvalue weighted by molar-refractivity contribution is 0.148. The molecule has 1 unspecified atom stereocenters. The van der Waals surface area contributed by atoms with E-state index in [-0.39, 0.29) is 0 Å². The monoisotopic (exact) mass is 326 g/mol. The SMILES string of the molecule is CN(C[C@@H]1C[C@H](F)CN1Cc1nccs1)CC1(C)CCNC1. The molecular weight excluding hydrogens is 299 g/mol. The van der Waals surface area contributed by atoms with E-state index in [0.717, 1.165) is 37.7 Å². The van der Waals surface area contributed by atoms with Crippen molar-refractivity contribution >= 4 is 11.3 Å². The zero-order valence-corrected chi connectivity index (χ0v) is 14.4. The average molecular weight is 326 g/mol. The smallest absolute Gasteiger partial charge is 0.114 e. The van der Waals surface area contributed by atoms with Gasteiger partial charge in [0.25, 0.3) is 0 Å². The molecule has 0 spiro atoms. The Morgan fingerprint density at radius 2 is 2.45 bits per heavy atom. The maximum Gasteiger partial charge on any atom is 0.114 e. The molecule has 0 saturated carbocycles. The van der Waals surface area contributed by atoms with Gasteiger partial charge in [-0.3, -0.25) is 4.90 Å². The van der Waals surface area contributed by atoms with Gasteiger partial charge < -0.3 is 10.2 Å². The van der Waals surface area contributed by atoms with Crippen LogP contribution in [-0.4, -0.2) is 66.8 Å². The summed E-state index contributed by atoms with van der Waals surface area (Å²) in [7, 11) is 2.18. The van der Waals surface area contributed by atoms with E-state index in [4.69, 9.17) is 0 Å². The first kappa shape index (κ1) is 16.3. The highest BCUT2D eigenvalue weighted by Gasteiger charge is 2.35. The van der Waals surface area contributed by atoms with Crippen LogP contribution in [0.4, 0.5) is 4.39 Å². The Morgan fingerprint density at radius 1 is 1.59 bits per heavy atom. The van der Waals surface area contributed by atoms with Gasteiger partial charge in [0.2, 0.25) is 0 Å². The molecule has 0 aromatic carbocycles. The molecule has 6 heteroatoms. The number of nitrogens with one attached hydrogen (secondary N) is 1. The Balaban J connectivity index is 1.55. The van der Waals surface area contributed by atoms with Gasteiger partial charge in [0, 0.05) is 43.8 Å². The molecule has 0 radical (unpaired) electrons. The van der Waals surface area contributed by atoms with Crippen LogP contribution in [0.25, 0.3) is 0 Å². The third-order valence-electron chi connectivity index (χ3n) is 4.93. The third kappa shape index (κ3) is 4.04. The highest BCUT2D eigenvalue weighted by Crippen LogP contribution is 2.27. The second kappa shape index (κ2) is 6.91. The zero-order chi connectivity index (χ0) is 15.6. The van der Waals surface area contributed by atoms with Gasteiger partial charge in [-0.25, -0.2) is 9.37 Å². The molecule has 0 amide bonds. The molecule has 1 aromatic rings. The maximum absolute atomic E-state index is 13.9. The molecule has 22 heavy (non-hydrogen) atoms. The molecule has 3 rings (SSSR count). The van der Waals surface area contributed by atoms with Crippen molar-refractivity contribution in [2.75, 3.05) is 39.8 Å². The molecule has 3 atom stereocenters. The minimum Gasteiger partial charge on any atom is -0.316 e. The fourth-order valence-electron chi connectivity index (χ4n) is 3.89. The normalized spacial score (nSPS) is 33.1. The summed E-state index contributed by atoms with van der Waals surface area (Å²) in [4.78, 5) is 9.01. The lowest BCUT2D eigenvalue weighted by Crippen LogP contribution is -2.42. The van der Waals surface area contributed by atoms with Gasteiger partial charge in [0.05, 0.1) is 6.54 Å². The summed E-state index contributed by atoms with van der Waals surface area (Å²) in [5, 5.41) is 6.54. The summed E-state index contributed by atoms with van der Waals surface area (Å²) in [6.45, 7) is 7.93. The maximum atomic E-state index is 13.9. The number of hydrogen-bond donors (Lipinski definition) is 1. The van der Waals surface area contributed by atoms with Crippen LogP contribution in [0, 0.1) is 5.41 Å². The van der Waals surface area contributed by atoms with Crippen LogP contribution in [-0.2, 0) is 6.54 Å². The Bertz CT molecular complexity index is 461. The summed E-state index contributed by atoms with van der Waals surface area (Å²) in [6.07, 6.45) is 3.03. The number of likely N-dealkylation sites (N-methyl/N-ethyl adjacent to an activating group) is 1.